The topological polar surface area (TPSA) is 18.5 Å². The molecule has 0 aromatic carbocycles. The van der Waals surface area contributed by atoms with E-state index in [0.717, 1.165) is 13.1 Å². The average Bonchev–Trinajstić information content (AvgIpc) is 2.59. The summed E-state index contributed by atoms with van der Waals surface area (Å²) in [7, 11) is 0. The van der Waals surface area contributed by atoms with Gasteiger partial charge in [0.25, 0.3) is 0 Å². The standard InChI is InChI=1S/C10H21N3/c1-3-5-7-12-9-10-13(11-12)8-6-4-2/h9-11H,3-8H2,1-2H3. The largest absolute Gasteiger partial charge is 0.297 e. The van der Waals surface area contributed by atoms with Crippen LogP contribution in [-0.2, 0) is 0 Å². The molecule has 1 heterocycles. The van der Waals surface area contributed by atoms with Crippen LogP contribution in [-0.4, -0.2) is 23.1 Å². The summed E-state index contributed by atoms with van der Waals surface area (Å²) in [5.74, 6) is 0. The van der Waals surface area contributed by atoms with Crippen molar-refractivity contribution < 1.29 is 0 Å². The SMILES string of the molecule is CCCCN1C=CN(CCCC)N1. The third kappa shape index (κ3) is 3.68. The molecule has 0 saturated heterocycles. The van der Waals surface area contributed by atoms with Crippen LogP contribution >= 0.6 is 0 Å². The molecule has 0 unspecified atom stereocenters. The van der Waals surface area contributed by atoms with E-state index in [0.29, 0.717) is 0 Å². The number of nitrogens with one attached hydrogen (secondary N) is 1. The van der Waals surface area contributed by atoms with E-state index < -0.39 is 0 Å². The normalized spacial score (nSPS) is 15.8. The molecule has 0 aliphatic carbocycles. The Hall–Kier alpha value is -0.700. The first-order chi connectivity index (χ1) is 6.36. The Labute approximate surface area is 81.3 Å². The molecule has 0 fully saturated rings. The molecule has 0 aromatic rings. The molecule has 1 N–H and O–H groups in total. The number of hydrazine groups is 2. The Kier molecular flexibility index (Phi) is 4.68. The van der Waals surface area contributed by atoms with E-state index in [4.69, 9.17) is 0 Å². The van der Waals surface area contributed by atoms with Gasteiger partial charge >= 0.3 is 0 Å². The summed E-state index contributed by atoms with van der Waals surface area (Å²) in [4.78, 5) is 0. The van der Waals surface area contributed by atoms with Gasteiger partial charge in [-0.15, -0.1) is 5.53 Å². The summed E-state index contributed by atoms with van der Waals surface area (Å²) in [6.45, 7) is 6.65. The highest BCUT2D eigenvalue weighted by Crippen LogP contribution is 2.03. The number of nitrogens with zero attached hydrogens (tertiary/aromatic N) is 2. The third-order valence-corrected chi connectivity index (χ3v) is 2.19. The van der Waals surface area contributed by atoms with Gasteiger partial charge in [-0.1, -0.05) is 26.7 Å². The number of rotatable bonds is 6. The van der Waals surface area contributed by atoms with Gasteiger partial charge in [0.1, 0.15) is 0 Å². The summed E-state index contributed by atoms with van der Waals surface area (Å²) in [5.41, 5.74) is 3.32. The lowest BCUT2D eigenvalue weighted by molar-refractivity contribution is 0.134. The van der Waals surface area contributed by atoms with Crippen LogP contribution in [0.5, 0.6) is 0 Å². The smallest absolute Gasteiger partial charge is 0.0356 e. The molecule has 1 aliphatic heterocycles. The highest BCUT2D eigenvalue weighted by atomic mass is 15.8. The van der Waals surface area contributed by atoms with Crippen molar-refractivity contribution in [3.63, 3.8) is 0 Å². The van der Waals surface area contributed by atoms with Gasteiger partial charge in [-0.3, -0.25) is 10.0 Å². The van der Waals surface area contributed by atoms with Gasteiger partial charge in [0, 0.05) is 25.5 Å². The molecule has 0 amide bonds. The fourth-order valence-corrected chi connectivity index (χ4v) is 1.30. The van der Waals surface area contributed by atoms with E-state index >= 15 is 0 Å². The molecule has 0 saturated carbocycles. The molecule has 0 atom stereocenters. The summed E-state index contributed by atoms with van der Waals surface area (Å²) < 4.78 is 0. The van der Waals surface area contributed by atoms with E-state index in [9.17, 15) is 0 Å². The van der Waals surface area contributed by atoms with Gasteiger partial charge in [-0.05, 0) is 12.8 Å². The maximum absolute atomic E-state index is 3.32. The molecule has 3 nitrogen and oxygen atoms in total. The van der Waals surface area contributed by atoms with Crippen molar-refractivity contribution in [2.24, 2.45) is 0 Å². The molecule has 76 valence electrons. The molecular formula is C10H21N3. The summed E-state index contributed by atoms with van der Waals surface area (Å²) in [6, 6.07) is 0. The minimum Gasteiger partial charge on any atom is -0.297 e. The van der Waals surface area contributed by atoms with E-state index in [1.54, 1.807) is 0 Å². The lowest BCUT2D eigenvalue weighted by Crippen LogP contribution is -2.40. The van der Waals surface area contributed by atoms with E-state index in [-0.39, 0.29) is 0 Å². The monoisotopic (exact) mass is 183 g/mol. The van der Waals surface area contributed by atoms with Crippen molar-refractivity contribution in [2.75, 3.05) is 13.1 Å². The van der Waals surface area contributed by atoms with Crippen LogP contribution in [0.1, 0.15) is 39.5 Å². The van der Waals surface area contributed by atoms with Crippen LogP contribution in [0.15, 0.2) is 12.4 Å². The van der Waals surface area contributed by atoms with Crippen LogP contribution in [0.3, 0.4) is 0 Å². The zero-order valence-electron chi connectivity index (χ0n) is 8.79. The van der Waals surface area contributed by atoms with Crippen LogP contribution in [0.25, 0.3) is 0 Å². The highest BCUT2D eigenvalue weighted by Gasteiger charge is 2.08. The molecule has 3 heteroatoms. The van der Waals surface area contributed by atoms with Crippen molar-refractivity contribution in [1.82, 2.24) is 15.6 Å². The Morgan fingerprint density at radius 1 is 0.923 bits per heavy atom. The maximum Gasteiger partial charge on any atom is 0.0356 e. The first-order valence-corrected chi connectivity index (χ1v) is 5.34. The predicted molar refractivity (Wildman–Crippen MR) is 55.5 cm³/mol. The maximum atomic E-state index is 3.32. The highest BCUT2D eigenvalue weighted by molar-refractivity contribution is 4.85. The average molecular weight is 183 g/mol. The fraction of sp³-hybridized carbons (Fsp3) is 0.800. The van der Waals surface area contributed by atoms with Gasteiger partial charge in [-0.25, -0.2) is 0 Å². The van der Waals surface area contributed by atoms with Crippen molar-refractivity contribution in [3.05, 3.63) is 12.4 Å². The summed E-state index contributed by atoms with van der Waals surface area (Å²) >= 11 is 0. The zero-order valence-corrected chi connectivity index (χ0v) is 8.79. The molecule has 0 bridgehead atoms. The summed E-state index contributed by atoms with van der Waals surface area (Å²) in [5, 5.41) is 4.30. The van der Waals surface area contributed by atoms with E-state index in [2.05, 4.69) is 41.8 Å². The van der Waals surface area contributed by atoms with Crippen LogP contribution < -0.4 is 5.53 Å². The predicted octanol–water partition coefficient (Wildman–Crippen LogP) is 2.10. The summed E-state index contributed by atoms with van der Waals surface area (Å²) in [6.07, 6.45) is 9.23. The second kappa shape index (κ2) is 5.86. The quantitative estimate of drug-likeness (QED) is 0.680. The lowest BCUT2D eigenvalue weighted by atomic mass is 10.3. The Morgan fingerprint density at radius 2 is 1.38 bits per heavy atom. The van der Waals surface area contributed by atoms with Gasteiger partial charge < -0.3 is 0 Å². The Morgan fingerprint density at radius 3 is 1.77 bits per heavy atom. The van der Waals surface area contributed by atoms with Crippen LogP contribution in [0.4, 0.5) is 0 Å². The van der Waals surface area contributed by atoms with Gasteiger partial charge in [0.15, 0.2) is 0 Å². The Bertz CT molecular complexity index is 140. The molecule has 0 spiro atoms. The van der Waals surface area contributed by atoms with Gasteiger partial charge in [0.05, 0.1) is 0 Å². The molecule has 1 aliphatic rings. The van der Waals surface area contributed by atoms with Crippen molar-refractivity contribution in [2.45, 2.75) is 39.5 Å². The van der Waals surface area contributed by atoms with Crippen molar-refractivity contribution >= 4 is 0 Å². The zero-order chi connectivity index (χ0) is 9.52. The minimum absolute atomic E-state index is 1.11. The number of hydrogen-bond donors (Lipinski definition) is 1. The number of hydrogen-bond acceptors (Lipinski definition) is 3. The molecule has 0 aromatic heterocycles. The molecule has 0 radical (unpaired) electrons. The van der Waals surface area contributed by atoms with Gasteiger partial charge in [0.2, 0.25) is 0 Å². The van der Waals surface area contributed by atoms with Gasteiger partial charge in [-0.2, -0.15) is 0 Å². The van der Waals surface area contributed by atoms with E-state index in [1.807, 2.05) is 0 Å². The molecule has 13 heavy (non-hydrogen) atoms. The first-order valence-electron chi connectivity index (χ1n) is 5.34. The Balaban J connectivity index is 2.10. The third-order valence-electron chi connectivity index (χ3n) is 2.19. The van der Waals surface area contributed by atoms with Crippen molar-refractivity contribution in [1.29, 1.82) is 0 Å². The van der Waals surface area contributed by atoms with Crippen molar-refractivity contribution in [3.8, 4) is 0 Å². The second-order valence-electron chi connectivity index (χ2n) is 3.49. The lowest BCUT2D eigenvalue weighted by Gasteiger charge is -2.22. The fourth-order valence-electron chi connectivity index (χ4n) is 1.30. The van der Waals surface area contributed by atoms with Crippen LogP contribution in [0, 0.1) is 0 Å². The second-order valence-corrected chi connectivity index (χ2v) is 3.49. The van der Waals surface area contributed by atoms with E-state index in [1.165, 1.54) is 25.7 Å². The molecule has 1 rings (SSSR count). The number of unbranched alkanes of at least 4 members (excludes halogenated alkanes) is 2. The molecular weight excluding hydrogens is 162 g/mol. The minimum atomic E-state index is 1.11. The first kappa shape index (κ1) is 10.4. The van der Waals surface area contributed by atoms with Crippen LogP contribution in [0.2, 0.25) is 0 Å².